The maximum Gasteiger partial charge on any atom is 0.0460 e. The molecule has 0 spiro atoms. The van der Waals surface area contributed by atoms with Crippen molar-refractivity contribution in [2.24, 2.45) is 0 Å². The van der Waals surface area contributed by atoms with Crippen molar-refractivity contribution in [3.05, 3.63) is 77.3 Å². The number of nitrogens with zero attached hydrogens (tertiary/aromatic N) is 1. The van der Waals surface area contributed by atoms with Gasteiger partial charge in [0.2, 0.25) is 0 Å². The van der Waals surface area contributed by atoms with Gasteiger partial charge in [0.15, 0.2) is 0 Å². The van der Waals surface area contributed by atoms with Crippen LogP contribution in [0.15, 0.2) is 66.2 Å². The number of fused-ring (bicyclic) bond motifs is 2. The van der Waals surface area contributed by atoms with Gasteiger partial charge in [-0.15, -0.1) is 11.3 Å². The second-order valence-corrected chi connectivity index (χ2v) is 7.95. The first-order valence-electron chi connectivity index (χ1n) is 9.31. The highest BCUT2D eigenvalue weighted by Gasteiger charge is 2.16. The van der Waals surface area contributed by atoms with Crippen molar-refractivity contribution in [3.8, 4) is 0 Å². The van der Waals surface area contributed by atoms with Crippen LogP contribution < -0.4 is 0 Å². The molecule has 0 atom stereocenters. The van der Waals surface area contributed by atoms with Crippen molar-refractivity contribution in [3.63, 3.8) is 0 Å². The molecule has 0 saturated carbocycles. The van der Waals surface area contributed by atoms with Gasteiger partial charge in [-0.1, -0.05) is 42.5 Å². The highest BCUT2D eigenvalue weighted by molar-refractivity contribution is 7.17. The largest absolute Gasteiger partial charge is 0.361 e. The fourth-order valence-electron chi connectivity index (χ4n) is 4.00. The molecule has 1 N–H and O–H groups in total. The van der Waals surface area contributed by atoms with Gasteiger partial charge in [0.05, 0.1) is 0 Å². The predicted octanol–water partition coefficient (Wildman–Crippen LogP) is 5.71. The lowest BCUT2D eigenvalue weighted by Gasteiger charge is -2.26. The summed E-state index contributed by atoms with van der Waals surface area (Å²) in [4.78, 5) is 5.98. The second kappa shape index (κ2) is 6.75. The van der Waals surface area contributed by atoms with Crippen LogP contribution in [0.3, 0.4) is 0 Å². The van der Waals surface area contributed by atoms with Crippen LogP contribution in [0.4, 0.5) is 0 Å². The summed E-state index contributed by atoms with van der Waals surface area (Å²) < 4.78 is 1.41. The standard InChI is InChI=1S/C23H22N2S/c1-3-7-22-20(6-1)21(15-24-22)17-9-12-25(13-10-17)14-11-18-16-26-23-8-4-2-5-19(18)23/h1-9,15-16,24H,10-14H2. The fourth-order valence-corrected chi connectivity index (χ4v) is 5.00. The fraction of sp³-hybridized carbons (Fsp3) is 0.217. The molecule has 0 unspecified atom stereocenters. The minimum atomic E-state index is 1.05. The molecular formula is C23H22N2S. The van der Waals surface area contributed by atoms with Crippen LogP contribution in [0.5, 0.6) is 0 Å². The summed E-state index contributed by atoms with van der Waals surface area (Å²) in [5.74, 6) is 0. The van der Waals surface area contributed by atoms with Crippen molar-refractivity contribution in [1.82, 2.24) is 9.88 Å². The minimum absolute atomic E-state index is 1.05. The lowest BCUT2D eigenvalue weighted by Crippen LogP contribution is -2.30. The number of thiophene rings is 1. The third-order valence-corrected chi connectivity index (χ3v) is 6.50. The first-order valence-corrected chi connectivity index (χ1v) is 10.2. The molecule has 130 valence electrons. The molecule has 0 amide bonds. The number of para-hydroxylation sites is 1. The average molecular weight is 359 g/mol. The quantitative estimate of drug-likeness (QED) is 0.495. The van der Waals surface area contributed by atoms with Crippen molar-refractivity contribution in [2.45, 2.75) is 12.8 Å². The molecule has 4 aromatic rings. The molecule has 0 radical (unpaired) electrons. The molecule has 0 aliphatic carbocycles. The van der Waals surface area contributed by atoms with E-state index in [-0.39, 0.29) is 0 Å². The zero-order valence-corrected chi connectivity index (χ0v) is 15.6. The lowest BCUT2D eigenvalue weighted by atomic mass is 9.98. The number of aromatic amines is 1. The van der Waals surface area contributed by atoms with Crippen LogP contribution in [-0.2, 0) is 6.42 Å². The smallest absolute Gasteiger partial charge is 0.0460 e. The topological polar surface area (TPSA) is 19.0 Å². The van der Waals surface area contributed by atoms with Gasteiger partial charge in [0.25, 0.3) is 0 Å². The van der Waals surface area contributed by atoms with E-state index in [1.54, 1.807) is 0 Å². The van der Waals surface area contributed by atoms with Gasteiger partial charge in [-0.05, 0) is 46.9 Å². The Morgan fingerprint density at radius 2 is 1.85 bits per heavy atom. The van der Waals surface area contributed by atoms with Crippen molar-refractivity contribution in [2.75, 3.05) is 19.6 Å². The molecule has 2 aromatic carbocycles. The number of H-pyrrole nitrogens is 1. The second-order valence-electron chi connectivity index (χ2n) is 7.04. The molecule has 26 heavy (non-hydrogen) atoms. The Labute approximate surface area is 157 Å². The average Bonchev–Trinajstić information content (AvgIpc) is 3.31. The summed E-state index contributed by atoms with van der Waals surface area (Å²) in [5, 5.41) is 5.11. The highest BCUT2D eigenvalue weighted by Crippen LogP contribution is 2.30. The summed E-state index contributed by atoms with van der Waals surface area (Å²) in [6.07, 6.45) is 6.86. The molecule has 2 aromatic heterocycles. The number of rotatable bonds is 4. The minimum Gasteiger partial charge on any atom is -0.361 e. The van der Waals surface area contributed by atoms with E-state index < -0.39 is 0 Å². The van der Waals surface area contributed by atoms with E-state index in [0.29, 0.717) is 0 Å². The molecule has 0 bridgehead atoms. The molecule has 3 heterocycles. The van der Waals surface area contributed by atoms with Crippen LogP contribution in [-0.4, -0.2) is 29.5 Å². The van der Waals surface area contributed by atoms with Crippen molar-refractivity contribution < 1.29 is 0 Å². The van der Waals surface area contributed by atoms with Gasteiger partial charge in [0, 0.05) is 47.0 Å². The van der Waals surface area contributed by atoms with Crippen molar-refractivity contribution in [1.29, 1.82) is 0 Å². The summed E-state index contributed by atoms with van der Waals surface area (Å²) >= 11 is 1.87. The molecule has 1 aliphatic rings. The Kier molecular flexibility index (Phi) is 4.12. The Morgan fingerprint density at radius 3 is 2.73 bits per heavy atom. The summed E-state index contributed by atoms with van der Waals surface area (Å²) in [6.45, 7) is 3.34. The maximum atomic E-state index is 3.40. The molecule has 5 rings (SSSR count). The van der Waals surface area contributed by atoms with Crippen LogP contribution in [0.1, 0.15) is 17.5 Å². The highest BCUT2D eigenvalue weighted by atomic mass is 32.1. The van der Waals surface area contributed by atoms with E-state index in [1.807, 2.05) is 11.3 Å². The molecular weight excluding hydrogens is 336 g/mol. The predicted molar refractivity (Wildman–Crippen MR) is 113 cm³/mol. The van der Waals surface area contributed by atoms with Crippen molar-refractivity contribution >= 4 is 37.9 Å². The van der Waals surface area contributed by atoms with E-state index in [1.165, 1.54) is 37.7 Å². The molecule has 0 saturated heterocycles. The number of hydrogen-bond donors (Lipinski definition) is 1. The van der Waals surface area contributed by atoms with Crippen LogP contribution in [0.25, 0.3) is 26.6 Å². The third kappa shape index (κ3) is 2.87. The first kappa shape index (κ1) is 15.9. The lowest BCUT2D eigenvalue weighted by molar-refractivity contribution is 0.306. The maximum absolute atomic E-state index is 3.40. The zero-order chi connectivity index (χ0) is 17.3. The van der Waals surface area contributed by atoms with Crippen LogP contribution in [0, 0.1) is 0 Å². The SMILES string of the molecule is C1=C(c2c[nH]c3ccccc23)CCN(CCc2csc3ccccc23)C1. The van der Waals surface area contributed by atoms with Gasteiger partial charge in [-0.2, -0.15) is 0 Å². The Bertz CT molecular complexity index is 1090. The number of nitrogens with one attached hydrogen (secondary N) is 1. The molecule has 1 aliphatic heterocycles. The van der Waals surface area contributed by atoms with E-state index in [9.17, 15) is 0 Å². The first-order chi connectivity index (χ1) is 12.9. The molecule has 0 fully saturated rings. The van der Waals surface area contributed by atoms with Crippen LogP contribution >= 0.6 is 11.3 Å². The van der Waals surface area contributed by atoms with Gasteiger partial charge in [-0.3, -0.25) is 4.90 Å². The molecule has 3 heteroatoms. The Hall–Kier alpha value is -2.36. The Morgan fingerprint density at radius 1 is 1.00 bits per heavy atom. The van der Waals surface area contributed by atoms with Gasteiger partial charge >= 0.3 is 0 Å². The summed E-state index contributed by atoms with van der Waals surface area (Å²) in [5.41, 5.74) is 5.59. The van der Waals surface area contributed by atoms with E-state index in [4.69, 9.17) is 0 Å². The van der Waals surface area contributed by atoms with Gasteiger partial charge < -0.3 is 4.98 Å². The van der Waals surface area contributed by atoms with Crippen LogP contribution in [0.2, 0.25) is 0 Å². The number of hydrogen-bond acceptors (Lipinski definition) is 2. The summed E-state index contributed by atoms with van der Waals surface area (Å²) in [7, 11) is 0. The number of aromatic nitrogens is 1. The normalized spacial score (nSPS) is 15.6. The van der Waals surface area contributed by atoms with E-state index in [2.05, 4.69) is 76.1 Å². The Balaban J connectivity index is 1.28. The van der Waals surface area contributed by atoms with Gasteiger partial charge in [-0.25, -0.2) is 0 Å². The number of benzene rings is 2. The zero-order valence-electron chi connectivity index (χ0n) is 14.7. The van der Waals surface area contributed by atoms with E-state index >= 15 is 0 Å². The van der Waals surface area contributed by atoms with E-state index in [0.717, 1.165) is 32.5 Å². The molecule has 2 nitrogen and oxygen atoms in total. The third-order valence-electron chi connectivity index (χ3n) is 5.49. The van der Waals surface area contributed by atoms with Gasteiger partial charge in [0.1, 0.15) is 0 Å². The monoisotopic (exact) mass is 358 g/mol. The summed E-state index contributed by atoms with van der Waals surface area (Å²) in [6, 6.07) is 17.3.